The fourth-order valence-electron chi connectivity index (χ4n) is 11.0. The monoisotopic (exact) mass is 1420 g/mol. The van der Waals surface area contributed by atoms with Gasteiger partial charge in [0, 0.05) is 37.6 Å². The van der Waals surface area contributed by atoms with Gasteiger partial charge in [-0.05, 0) is 94.6 Å². The third-order valence-corrected chi connectivity index (χ3v) is 18.0. The molecule has 0 aromatic heterocycles. The summed E-state index contributed by atoms with van der Waals surface area (Å²) in [6.45, 7) is 10.2. The van der Waals surface area contributed by atoms with E-state index in [0.717, 1.165) is 0 Å². The number of carboxylic acids is 1. The molecular formula is C63H105N17O16S2. The zero-order valence-electron chi connectivity index (χ0n) is 57.0. The Labute approximate surface area is 582 Å². The normalized spacial score (nSPS) is 18.3. The van der Waals surface area contributed by atoms with Gasteiger partial charge in [-0.2, -0.15) is 25.3 Å². The van der Waals surface area contributed by atoms with Gasteiger partial charge in [0.25, 0.3) is 0 Å². The van der Waals surface area contributed by atoms with Crippen LogP contribution in [0.4, 0.5) is 0 Å². The van der Waals surface area contributed by atoms with Gasteiger partial charge < -0.3 is 101 Å². The van der Waals surface area contributed by atoms with E-state index in [2.05, 4.69) is 83.4 Å². The fourth-order valence-corrected chi connectivity index (χ4v) is 11.4. The quantitative estimate of drug-likeness (QED) is 0.0127. The first kappa shape index (κ1) is 84.4. The number of aliphatic imine (C=N–C) groups is 1. The number of hydrogen-bond acceptors (Lipinski definition) is 20. The molecule has 0 unspecified atom stereocenters. The van der Waals surface area contributed by atoms with Gasteiger partial charge in [-0.3, -0.25) is 62.5 Å². The molecule has 15 atom stereocenters. The molecule has 0 saturated carbocycles. The van der Waals surface area contributed by atoms with Gasteiger partial charge in [0.15, 0.2) is 5.96 Å². The van der Waals surface area contributed by atoms with Crippen LogP contribution in [-0.2, 0) is 68.7 Å². The molecule has 2 aliphatic rings. The first-order chi connectivity index (χ1) is 46.4. The molecule has 12 amide bonds. The smallest absolute Gasteiger partial charge is 0.326 e. The topological polar surface area (TPSA) is 526 Å². The molecule has 1 aromatic carbocycles. The molecule has 550 valence electrons. The molecule has 2 fully saturated rings. The zero-order chi connectivity index (χ0) is 73.5. The maximum Gasteiger partial charge on any atom is 0.326 e. The first-order valence-corrected chi connectivity index (χ1v) is 34.6. The Morgan fingerprint density at radius 1 is 0.592 bits per heavy atom. The number of guanidine groups is 1. The molecule has 33 nitrogen and oxygen atoms in total. The number of aliphatic carboxylic acids is 1. The highest BCUT2D eigenvalue weighted by molar-refractivity contribution is 7.80. The number of hydrogen-bond donors (Lipinski definition) is 19. The van der Waals surface area contributed by atoms with Crippen LogP contribution < -0.4 is 76.1 Å². The highest BCUT2D eigenvalue weighted by Gasteiger charge is 2.46. The first-order valence-electron chi connectivity index (χ1n) is 33.3. The van der Waals surface area contributed by atoms with E-state index in [0.29, 0.717) is 37.7 Å². The number of rotatable bonds is 42. The fraction of sp³-hybridized carbons (Fsp3) is 0.683. The number of benzene rings is 1. The number of nitrogens with one attached hydrogen (secondary N) is 10. The molecule has 0 radical (unpaired) electrons. The molecule has 3 rings (SSSR count). The molecule has 98 heavy (non-hydrogen) atoms. The Bertz CT molecular complexity index is 2900. The van der Waals surface area contributed by atoms with Crippen LogP contribution in [0.2, 0.25) is 0 Å². The van der Waals surface area contributed by atoms with Crippen molar-refractivity contribution in [1.82, 2.24) is 63.0 Å². The molecule has 21 N–H and O–H groups in total. The number of amides is 12. The lowest BCUT2D eigenvalue weighted by molar-refractivity contribution is -0.149. The van der Waals surface area contributed by atoms with Crippen molar-refractivity contribution in [1.29, 1.82) is 0 Å². The number of nitrogens with two attached hydrogens (primary N) is 4. The SMILES string of the molecule is CC[C@H](C)[C@H](NC(=O)[C@@H]1CCCN1C(=O)[C@@H]1CCCN1C(=O)[C@@H](NC(=O)[C@H](CO)NC(=O)[C@H](CCCCN)NC(=O)[C@@H](NC(=O)[C@@H](NC(=O)[C@H](CCCN=C(N)N)NC(=O)CNC(=O)[C@@H](N)CS)C(C)C)[C@@H](C)O)[C@@H](C)CC)C(=O)N[C@@H](CS)C(=O)N[C@@H](Cc1ccccc1)C(=O)O. The second-order valence-electron chi connectivity index (χ2n) is 25.1. The number of aliphatic hydroxyl groups is 2. The molecule has 2 aliphatic heterocycles. The number of thiol groups is 2. The van der Waals surface area contributed by atoms with Crippen LogP contribution >= 0.6 is 25.3 Å². The van der Waals surface area contributed by atoms with E-state index in [1.807, 2.05) is 0 Å². The molecule has 2 heterocycles. The molecule has 0 bridgehead atoms. The lowest BCUT2D eigenvalue weighted by Crippen LogP contribution is -2.63. The Hall–Kier alpha value is -7.86. The third-order valence-electron chi connectivity index (χ3n) is 17.2. The lowest BCUT2D eigenvalue weighted by Gasteiger charge is -2.35. The van der Waals surface area contributed by atoms with Crippen LogP contribution in [0.25, 0.3) is 0 Å². The van der Waals surface area contributed by atoms with Gasteiger partial charge in [-0.1, -0.05) is 84.7 Å². The number of carbonyl (C=O) groups excluding carboxylic acids is 12. The van der Waals surface area contributed by atoms with Gasteiger partial charge in [0.2, 0.25) is 70.9 Å². The molecule has 35 heteroatoms. The van der Waals surface area contributed by atoms with Gasteiger partial charge in [0.05, 0.1) is 25.3 Å². The van der Waals surface area contributed by atoms with Crippen molar-refractivity contribution in [2.75, 3.05) is 50.8 Å². The number of aliphatic hydroxyl groups excluding tert-OH is 2. The van der Waals surface area contributed by atoms with E-state index in [-0.39, 0.29) is 88.6 Å². The number of carboxylic acid groups (broad SMARTS) is 1. The minimum Gasteiger partial charge on any atom is -0.480 e. The summed E-state index contributed by atoms with van der Waals surface area (Å²) >= 11 is 8.23. The Morgan fingerprint density at radius 3 is 1.67 bits per heavy atom. The van der Waals surface area contributed by atoms with Crippen LogP contribution in [0, 0.1) is 17.8 Å². The van der Waals surface area contributed by atoms with E-state index in [1.165, 1.54) is 16.7 Å². The van der Waals surface area contributed by atoms with E-state index >= 15 is 0 Å². The van der Waals surface area contributed by atoms with Crippen molar-refractivity contribution in [3.8, 4) is 0 Å². The van der Waals surface area contributed by atoms with Crippen LogP contribution in [-0.4, -0.2) is 237 Å². The standard InChI is InChI=1S/C63H105N17O16S2/c1-8-34(5)48(58(91)74-43(32-98)55(88)72-41(62(95)96)28-37-18-11-10-12-19-37)76-56(89)44-22-16-26-79(44)60(93)45-23-17-27-80(45)61(94)49(35(6)9-2)77-54(87)42(30-81)73-52(85)40(20-13-14-24-64)71-59(92)50(36(7)82)78-57(90)47(33(3)4)75-53(86)39(21-15-25-68-63(66)67)70-46(83)29-69-51(84)38(65)31-97/h10-12,18-19,33-36,38-45,47-50,81-82,97-98H,8-9,13-17,20-32,64-65H2,1-7H3,(H,69,84)(H,70,83)(H,71,92)(H,72,88)(H,73,85)(H,74,91)(H,75,86)(H,76,89)(H,77,87)(H,78,90)(H,95,96)(H4,66,67,68)/t34-,35-,36+,38-,39-,40-,41-,42-,43-,44-,45-,47-,48-,49-,50-/m0/s1. The van der Waals surface area contributed by atoms with Crippen LogP contribution in [0.1, 0.15) is 125 Å². The summed E-state index contributed by atoms with van der Waals surface area (Å²) in [7, 11) is 0. The summed E-state index contributed by atoms with van der Waals surface area (Å²) in [5, 5.41) is 56.8. The third kappa shape index (κ3) is 26.4. The molecule has 1 aromatic rings. The van der Waals surface area contributed by atoms with Crippen LogP contribution in [0.15, 0.2) is 35.3 Å². The van der Waals surface area contributed by atoms with E-state index in [4.69, 9.17) is 22.9 Å². The Morgan fingerprint density at radius 2 is 1.10 bits per heavy atom. The van der Waals surface area contributed by atoms with Gasteiger partial charge in [-0.25, -0.2) is 4.79 Å². The second kappa shape index (κ2) is 42.8. The number of carbonyl (C=O) groups is 13. The Balaban J connectivity index is 1.78. The number of nitrogens with zero attached hydrogens (tertiary/aromatic N) is 3. The summed E-state index contributed by atoms with van der Waals surface area (Å²) in [6, 6.07) is -7.38. The molecule has 2 saturated heterocycles. The van der Waals surface area contributed by atoms with Crippen molar-refractivity contribution in [2.45, 2.75) is 204 Å². The van der Waals surface area contributed by atoms with Crippen molar-refractivity contribution >= 4 is 108 Å². The van der Waals surface area contributed by atoms with Crippen LogP contribution in [0.3, 0.4) is 0 Å². The predicted molar refractivity (Wildman–Crippen MR) is 369 cm³/mol. The Kier molecular flexibility index (Phi) is 36.9. The van der Waals surface area contributed by atoms with Crippen molar-refractivity contribution in [3.63, 3.8) is 0 Å². The molecule has 0 spiro atoms. The number of likely N-dealkylation sites (tertiary alicyclic amines) is 2. The summed E-state index contributed by atoms with van der Waals surface area (Å²) in [4.78, 5) is 185. The van der Waals surface area contributed by atoms with Crippen molar-refractivity contribution in [3.05, 3.63) is 35.9 Å². The number of unbranched alkanes of at least 4 members (excludes halogenated alkanes) is 1. The largest absolute Gasteiger partial charge is 0.480 e. The van der Waals surface area contributed by atoms with Crippen molar-refractivity contribution in [2.24, 2.45) is 45.7 Å². The highest BCUT2D eigenvalue weighted by atomic mass is 32.1. The van der Waals surface area contributed by atoms with Gasteiger partial charge in [0.1, 0.15) is 66.5 Å². The van der Waals surface area contributed by atoms with E-state index in [9.17, 15) is 77.6 Å². The predicted octanol–water partition coefficient (Wildman–Crippen LogP) is -4.73. The summed E-state index contributed by atoms with van der Waals surface area (Å²) in [5.74, 6) is -13.3. The lowest BCUT2D eigenvalue weighted by atomic mass is 9.96. The van der Waals surface area contributed by atoms with Gasteiger partial charge >= 0.3 is 5.97 Å². The minimum absolute atomic E-state index is 0.00824. The highest BCUT2D eigenvalue weighted by Crippen LogP contribution is 2.28. The average molecular weight is 1420 g/mol. The zero-order valence-corrected chi connectivity index (χ0v) is 58.7. The van der Waals surface area contributed by atoms with E-state index < -0.39 is 186 Å². The average Bonchev–Trinajstić information content (AvgIpc) is 1.60. The summed E-state index contributed by atoms with van der Waals surface area (Å²) in [5.41, 5.74) is 23.0. The maximum atomic E-state index is 14.8. The van der Waals surface area contributed by atoms with Crippen molar-refractivity contribution < 1.29 is 77.6 Å². The van der Waals surface area contributed by atoms with Crippen LogP contribution in [0.5, 0.6) is 0 Å². The summed E-state index contributed by atoms with van der Waals surface area (Å²) in [6.07, 6.45) is 0.861. The van der Waals surface area contributed by atoms with E-state index in [1.54, 1.807) is 71.9 Å². The second-order valence-corrected chi connectivity index (χ2v) is 25.8. The molecular weight excluding hydrogens is 1310 g/mol. The maximum absolute atomic E-state index is 14.8. The van der Waals surface area contributed by atoms with Gasteiger partial charge in [-0.15, -0.1) is 0 Å². The minimum atomic E-state index is -1.77. The summed E-state index contributed by atoms with van der Waals surface area (Å²) < 4.78 is 0. The molecule has 0 aliphatic carbocycles.